The van der Waals surface area contributed by atoms with Crippen LogP contribution in [0.3, 0.4) is 0 Å². The van der Waals surface area contributed by atoms with E-state index in [0.717, 1.165) is 25.7 Å². The van der Waals surface area contributed by atoms with Crippen molar-refractivity contribution in [2.45, 2.75) is 38.6 Å². The number of ether oxygens (including phenoxy) is 1. The lowest BCUT2D eigenvalue weighted by Gasteiger charge is -2.08. The molecule has 0 amide bonds. The molecule has 4 heteroatoms. The Bertz CT molecular complexity index is 139. The van der Waals surface area contributed by atoms with Crippen LogP contribution in [0.25, 0.3) is 0 Å². The van der Waals surface area contributed by atoms with Crippen LogP contribution in [0.15, 0.2) is 0 Å². The molecule has 0 aromatic carbocycles. The van der Waals surface area contributed by atoms with Gasteiger partial charge in [0.25, 0.3) is 0 Å². The summed E-state index contributed by atoms with van der Waals surface area (Å²) >= 11 is 0. The normalized spacial score (nSPS) is 12.5. The topological polar surface area (TPSA) is 72.5 Å². The maximum Gasteiger partial charge on any atom is 0.325 e. The van der Waals surface area contributed by atoms with Gasteiger partial charge >= 0.3 is 5.97 Å². The van der Waals surface area contributed by atoms with Gasteiger partial charge in [0.15, 0.2) is 0 Å². The minimum Gasteiger partial charge on any atom is -0.464 e. The van der Waals surface area contributed by atoms with Gasteiger partial charge in [0.1, 0.15) is 6.04 Å². The van der Waals surface area contributed by atoms with Gasteiger partial charge in [-0.25, -0.2) is 0 Å². The second-order valence-electron chi connectivity index (χ2n) is 3.02. The molecule has 0 aromatic rings. The van der Waals surface area contributed by atoms with Gasteiger partial charge in [0.2, 0.25) is 0 Å². The smallest absolute Gasteiger partial charge is 0.325 e. The molecular formula is C9H19NO3. The van der Waals surface area contributed by atoms with Gasteiger partial charge in [-0.05, 0) is 6.42 Å². The maximum atomic E-state index is 10.9. The van der Waals surface area contributed by atoms with Crippen LogP contribution in [0, 0.1) is 0 Å². The summed E-state index contributed by atoms with van der Waals surface area (Å²) in [6.45, 7) is 2.17. The quantitative estimate of drug-likeness (QED) is 0.450. The van der Waals surface area contributed by atoms with Gasteiger partial charge in [-0.15, -0.1) is 0 Å². The van der Waals surface area contributed by atoms with Crippen molar-refractivity contribution in [3.63, 3.8) is 0 Å². The first kappa shape index (κ1) is 12.4. The highest BCUT2D eigenvalue weighted by Gasteiger charge is 2.12. The molecule has 0 radical (unpaired) electrons. The summed E-state index contributed by atoms with van der Waals surface area (Å²) in [6, 6.07) is -0.883. The summed E-state index contributed by atoms with van der Waals surface area (Å²) < 4.78 is 4.82. The lowest BCUT2D eigenvalue weighted by atomic mass is 10.2. The molecule has 0 aliphatic carbocycles. The van der Waals surface area contributed by atoms with Gasteiger partial charge < -0.3 is 15.6 Å². The van der Waals surface area contributed by atoms with E-state index in [2.05, 4.69) is 6.92 Å². The SMILES string of the molecule is CCCCCCOC(=O)C(N)CO. The third-order valence-electron chi connectivity index (χ3n) is 1.74. The van der Waals surface area contributed by atoms with E-state index in [4.69, 9.17) is 15.6 Å². The lowest BCUT2D eigenvalue weighted by molar-refractivity contribution is -0.146. The number of hydrogen-bond acceptors (Lipinski definition) is 4. The zero-order valence-corrected chi connectivity index (χ0v) is 8.16. The van der Waals surface area contributed by atoms with Gasteiger partial charge in [-0.1, -0.05) is 26.2 Å². The average Bonchev–Trinajstić information content (AvgIpc) is 2.16. The van der Waals surface area contributed by atoms with Crippen LogP contribution in [0.5, 0.6) is 0 Å². The average molecular weight is 189 g/mol. The summed E-state index contributed by atoms with van der Waals surface area (Å²) in [5.74, 6) is -0.515. The van der Waals surface area contributed by atoms with Crippen molar-refractivity contribution in [2.75, 3.05) is 13.2 Å². The molecule has 0 heterocycles. The largest absolute Gasteiger partial charge is 0.464 e. The Morgan fingerprint density at radius 1 is 1.46 bits per heavy atom. The number of carbonyl (C=O) groups excluding carboxylic acids is 1. The molecule has 0 saturated heterocycles. The highest BCUT2D eigenvalue weighted by Crippen LogP contribution is 1.99. The van der Waals surface area contributed by atoms with Crippen LogP contribution < -0.4 is 5.73 Å². The Labute approximate surface area is 79.1 Å². The van der Waals surface area contributed by atoms with Gasteiger partial charge in [-0.2, -0.15) is 0 Å². The van der Waals surface area contributed by atoms with Crippen molar-refractivity contribution in [1.82, 2.24) is 0 Å². The van der Waals surface area contributed by atoms with E-state index in [9.17, 15) is 4.79 Å². The van der Waals surface area contributed by atoms with E-state index in [1.807, 2.05) is 0 Å². The van der Waals surface area contributed by atoms with E-state index in [0.29, 0.717) is 6.61 Å². The molecule has 0 spiro atoms. The third-order valence-corrected chi connectivity index (χ3v) is 1.74. The van der Waals surface area contributed by atoms with E-state index in [1.165, 1.54) is 0 Å². The van der Waals surface area contributed by atoms with Crippen LogP contribution in [0.4, 0.5) is 0 Å². The van der Waals surface area contributed by atoms with Crippen molar-refractivity contribution in [2.24, 2.45) is 5.73 Å². The standard InChI is InChI=1S/C9H19NO3/c1-2-3-4-5-6-13-9(12)8(10)7-11/h8,11H,2-7,10H2,1H3. The summed E-state index contributed by atoms with van der Waals surface area (Å²) in [5.41, 5.74) is 5.23. The molecule has 3 N–H and O–H groups in total. The molecule has 0 rings (SSSR count). The number of rotatable bonds is 7. The van der Waals surface area contributed by atoms with Gasteiger partial charge in [0.05, 0.1) is 13.2 Å². The number of carbonyl (C=O) groups is 1. The molecule has 78 valence electrons. The molecule has 0 fully saturated rings. The van der Waals surface area contributed by atoms with Crippen molar-refractivity contribution in [1.29, 1.82) is 0 Å². The minimum absolute atomic E-state index is 0.353. The third kappa shape index (κ3) is 6.54. The Hall–Kier alpha value is -0.610. The van der Waals surface area contributed by atoms with E-state index in [-0.39, 0.29) is 6.61 Å². The van der Waals surface area contributed by atoms with Crippen LogP contribution in [0.2, 0.25) is 0 Å². The summed E-state index contributed by atoms with van der Waals surface area (Å²) in [5, 5.41) is 8.52. The fourth-order valence-corrected chi connectivity index (χ4v) is 0.883. The number of esters is 1. The van der Waals surface area contributed by atoms with Crippen molar-refractivity contribution >= 4 is 5.97 Å². The number of hydrogen-bond donors (Lipinski definition) is 2. The minimum atomic E-state index is -0.883. The Morgan fingerprint density at radius 3 is 2.69 bits per heavy atom. The second-order valence-corrected chi connectivity index (χ2v) is 3.02. The highest BCUT2D eigenvalue weighted by molar-refractivity contribution is 5.75. The molecule has 13 heavy (non-hydrogen) atoms. The molecule has 0 bridgehead atoms. The van der Waals surface area contributed by atoms with Crippen molar-refractivity contribution in [3.05, 3.63) is 0 Å². The van der Waals surface area contributed by atoms with Crippen LogP contribution >= 0.6 is 0 Å². The summed E-state index contributed by atoms with van der Waals surface area (Å²) in [7, 11) is 0. The molecule has 0 aliphatic rings. The molecule has 1 unspecified atom stereocenters. The van der Waals surface area contributed by atoms with E-state index in [1.54, 1.807) is 0 Å². The molecule has 0 aromatic heterocycles. The number of aliphatic hydroxyl groups is 1. The van der Waals surface area contributed by atoms with Crippen LogP contribution in [-0.2, 0) is 9.53 Å². The number of aliphatic hydroxyl groups excluding tert-OH is 1. The van der Waals surface area contributed by atoms with Crippen LogP contribution in [-0.4, -0.2) is 30.3 Å². The lowest BCUT2D eigenvalue weighted by Crippen LogP contribution is -2.35. The van der Waals surface area contributed by atoms with Crippen molar-refractivity contribution < 1.29 is 14.6 Å². The van der Waals surface area contributed by atoms with Crippen LogP contribution in [0.1, 0.15) is 32.6 Å². The molecule has 0 aliphatic heterocycles. The zero-order chi connectivity index (χ0) is 10.1. The number of nitrogens with two attached hydrogens (primary N) is 1. The first-order valence-corrected chi connectivity index (χ1v) is 4.75. The summed E-state index contributed by atoms with van der Waals surface area (Å²) in [4.78, 5) is 10.9. The van der Waals surface area contributed by atoms with Gasteiger partial charge in [-0.3, -0.25) is 4.79 Å². The monoisotopic (exact) mass is 189 g/mol. The van der Waals surface area contributed by atoms with Crippen molar-refractivity contribution in [3.8, 4) is 0 Å². The zero-order valence-electron chi connectivity index (χ0n) is 8.16. The number of unbranched alkanes of at least 4 members (excludes halogenated alkanes) is 3. The van der Waals surface area contributed by atoms with Gasteiger partial charge in [0, 0.05) is 0 Å². The Morgan fingerprint density at radius 2 is 2.15 bits per heavy atom. The second kappa shape index (κ2) is 8.01. The molecular weight excluding hydrogens is 170 g/mol. The van der Waals surface area contributed by atoms with E-state index >= 15 is 0 Å². The first-order chi connectivity index (χ1) is 6.22. The predicted octanol–water partition coefficient (Wildman–Crippen LogP) is 0.430. The van der Waals surface area contributed by atoms with E-state index < -0.39 is 12.0 Å². The molecule has 1 atom stereocenters. The molecule has 0 saturated carbocycles. The Kier molecular flexibility index (Phi) is 7.63. The highest BCUT2D eigenvalue weighted by atomic mass is 16.5. The summed E-state index contributed by atoms with van der Waals surface area (Å²) in [6.07, 6.45) is 4.25. The predicted molar refractivity (Wildman–Crippen MR) is 50.2 cm³/mol. The first-order valence-electron chi connectivity index (χ1n) is 4.75. The fraction of sp³-hybridized carbons (Fsp3) is 0.889. The Balaban J connectivity index is 3.27. The molecule has 4 nitrogen and oxygen atoms in total. The fourth-order valence-electron chi connectivity index (χ4n) is 0.883. The maximum absolute atomic E-state index is 10.9.